The van der Waals surface area contributed by atoms with Crippen molar-refractivity contribution in [3.63, 3.8) is 0 Å². The van der Waals surface area contributed by atoms with E-state index in [9.17, 15) is 14.4 Å². The van der Waals surface area contributed by atoms with Crippen molar-refractivity contribution in [1.29, 1.82) is 0 Å². The average Bonchev–Trinajstić information content (AvgIpc) is 2.63. The molecule has 0 bridgehead atoms. The number of fused-ring (bicyclic) bond motifs is 1. The first kappa shape index (κ1) is 12.3. The zero-order valence-electron chi connectivity index (χ0n) is 10.1. The lowest BCUT2D eigenvalue weighted by Gasteiger charge is -2.08. The highest BCUT2D eigenvalue weighted by atomic mass is 16.5. The summed E-state index contributed by atoms with van der Waals surface area (Å²) in [6.07, 6.45) is -0.124. The van der Waals surface area contributed by atoms with E-state index in [2.05, 4.69) is 4.74 Å². The number of carbonyl (C=O) groups is 3. The Morgan fingerprint density at radius 1 is 1.28 bits per heavy atom. The topological polar surface area (TPSA) is 69.7 Å². The van der Waals surface area contributed by atoms with E-state index in [1.54, 1.807) is 18.2 Å². The summed E-state index contributed by atoms with van der Waals surface area (Å²) in [5.41, 5.74) is 0.879. The van der Waals surface area contributed by atoms with E-state index in [0.717, 1.165) is 0 Å². The Bertz CT molecular complexity index is 532. The van der Waals surface area contributed by atoms with Gasteiger partial charge in [0.25, 0.3) is 0 Å². The molecular weight excluding hydrogens is 236 g/mol. The molecule has 0 N–H and O–H groups in total. The van der Waals surface area contributed by atoms with Gasteiger partial charge >= 0.3 is 5.97 Å². The molecule has 0 heterocycles. The summed E-state index contributed by atoms with van der Waals surface area (Å²) in [6, 6.07) is 4.78. The molecule has 1 unspecified atom stereocenters. The summed E-state index contributed by atoms with van der Waals surface area (Å²) in [5.74, 6) is -1.84. The van der Waals surface area contributed by atoms with Gasteiger partial charge in [0, 0.05) is 5.56 Å². The lowest BCUT2D eigenvalue weighted by atomic mass is 9.97. The quantitative estimate of drug-likeness (QED) is 0.592. The Morgan fingerprint density at radius 2 is 2.00 bits per heavy atom. The number of Topliss-reactive ketones (excluding diaryl/α,β-unsaturated/α-hetero) is 2. The zero-order chi connectivity index (χ0) is 13.3. The predicted molar refractivity (Wildman–Crippen MR) is 61.7 cm³/mol. The van der Waals surface area contributed by atoms with Crippen LogP contribution in [0.15, 0.2) is 18.2 Å². The zero-order valence-corrected chi connectivity index (χ0v) is 10.1. The third kappa shape index (κ3) is 1.88. The van der Waals surface area contributed by atoms with Gasteiger partial charge in [0.2, 0.25) is 11.6 Å². The number of rotatable bonds is 3. The van der Waals surface area contributed by atoms with Crippen LogP contribution < -0.4 is 4.74 Å². The highest BCUT2D eigenvalue weighted by Crippen LogP contribution is 2.35. The number of carbonyl (C=O) groups excluding carboxylic acids is 3. The van der Waals surface area contributed by atoms with Gasteiger partial charge in [-0.05, 0) is 23.8 Å². The van der Waals surface area contributed by atoms with E-state index >= 15 is 0 Å². The Balaban J connectivity index is 2.42. The van der Waals surface area contributed by atoms with Crippen LogP contribution in [0.25, 0.3) is 0 Å². The smallest absolute Gasteiger partial charge is 0.306 e. The summed E-state index contributed by atoms with van der Waals surface area (Å²) < 4.78 is 9.58. The van der Waals surface area contributed by atoms with Gasteiger partial charge in [-0.25, -0.2) is 0 Å². The van der Waals surface area contributed by atoms with Crippen LogP contribution in [-0.4, -0.2) is 31.8 Å². The minimum absolute atomic E-state index is 0.124. The minimum atomic E-state index is -0.755. The summed E-state index contributed by atoms with van der Waals surface area (Å²) in [7, 11) is 2.74. The molecule has 1 aromatic rings. The fourth-order valence-electron chi connectivity index (χ4n) is 2.05. The first-order valence-corrected chi connectivity index (χ1v) is 5.41. The van der Waals surface area contributed by atoms with Crippen molar-refractivity contribution in [2.45, 2.75) is 12.3 Å². The van der Waals surface area contributed by atoms with Gasteiger partial charge in [-0.1, -0.05) is 0 Å². The molecule has 5 heteroatoms. The van der Waals surface area contributed by atoms with Crippen LogP contribution in [0, 0.1) is 0 Å². The summed E-state index contributed by atoms with van der Waals surface area (Å²) in [4.78, 5) is 34.8. The molecule has 94 valence electrons. The SMILES string of the molecule is COC(=O)CC1C(=O)C(=O)c2ccc(OC)cc21. The monoisotopic (exact) mass is 248 g/mol. The highest BCUT2D eigenvalue weighted by Gasteiger charge is 2.39. The maximum atomic E-state index is 11.8. The number of benzene rings is 1. The molecule has 0 fully saturated rings. The first-order chi connectivity index (χ1) is 8.58. The molecule has 0 aliphatic heterocycles. The normalized spacial score (nSPS) is 17.6. The molecule has 1 aromatic carbocycles. The van der Waals surface area contributed by atoms with Crippen LogP contribution in [0.4, 0.5) is 0 Å². The van der Waals surface area contributed by atoms with E-state index < -0.39 is 23.5 Å². The fourth-order valence-corrected chi connectivity index (χ4v) is 2.05. The van der Waals surface area contributed by atoms with Gasteiger partial charge in [-0.3, -0.25) is 14.4 Å². The van der Waals surface area contributed by atoms with E-state index in [4.69, 9.17) is 4.74 Å². The molecule has 0 aromatic heterocycles. The maximum Gasteiger partial charge on any atom is 0.306 e. The molecule has 1 aliphatic rings. The lowest BCUT2D eigenvalue weighted by molar-refractivity contribution is -0.142. The Morgan fingerprint density at radius 3 is 2.61 bits per heavy atom. The number of hydrogen-bond donors (Lipinski definition) is 0. The van der Waals surface area contributed by atoms with E-state index in [-0.39, 0.29) is 6.42 Å². The van der Waals surface area contributed by atoms with Crippen molar-refractivity contribution < 1.29 is 23.9 Å². The molecule has 5 nitrogen and oxygen atoms in total. The van der Waals surface area contributed by atoms with E-state index in [1.807, 2.05) is 0 Å². The van der Waals surface area contributed by atoms with Gasteiger partial charge in [0.05, 0.1) is 26.6 Å². The van der Waals surface area contributed by atoms with Crippen molar-refractivity contribution in [2.75, 3.05) is 14.2 Å². The van der Waals surface area contributed by atoms with Crippen molar-refractivity contribution in [3.8, 4) is 5.75 Å². The molecule has 0 saturated carbocycles. The molecule has 0 saturated heterocycles. The van der Waals surface area contributed by atoms with E-state index in [0.29, 0.717) is 16.9 Å². The van der Waals surface area contributed by atoms with Gasteiger partial charge in [-0.15, -0.1) is 0 Å². The largest absolute Gasteiger partial charge is 0.497 e. The number of hydrogen-bond acceptors (Lipinski definition) is 5. The average molecular weight is 248 g/mol. The summed E-state index contributed by atoms with van der Waals surface area (Å²) in [6.45, 7) is 0. The highest BCUT2D eigenvalue weighted by molar-refractivity contribution is 6.49. The summed E-state index contributed by atoms with van der Waals surface area (Å²) >= 11 is 0. The summed E-state index contributed by atoms with van der Waals surface area (Å²) in [5, 5.41) is 0. The Hall–Kier alpha value is -2.17. The number of methoxy groups -OCH3 is 2. The second-order valence-corrected chi connectivity index (χ2v) is 3.98. The van der Waals surface area contributed by atoms with Crippen LogP contribution in [0.3, 0.4) is 0 Å². The van der Waals surface area contributed by atoms with Crippen molar-refractivity contribution in [2.24, 2.45) is 0 Å². The van der Waals surface area contributed by atoms with Gasteiger partial charge in [-0.2, -0.15) is 0 Å². The van der Waals surface area contributed by atoms with Gasteiger partial charge < -0.3 is 9.47 Å². The molecule has 1 atom stereocenters. The first-order valence-electron chi connectivity index (χ1n) is 5.41. The Labute approximate surface area is 104 Å². The third-order valence-electron chi connectivity index (χ3n) is 3.02. The fraction of sp³-hybridized carbons (Fsp3) is 0.308. The number of esters is 1. The number of ether oxygens (including phenoxy) is 2. The lowest BCUT2D eigenvalue weighted by Crippen LogP contribution is -2.16. The molecule has 0 radical (unpaired) electrons. The van der Waals surface area contributed by atoms with Crippen LogP contribution >= 0.6 is 0 Å². The standard InChI is InChI=1S/C13H12O5/c1-17-7-3-4-8-9(5-7)10(6-11(14)18-2)13(16)12(8)15/h3-5,10H,6H2,1-2H3. The molecule has 1 aliphatic carbocycles. The minimum Gasteiger partial charge on any atom is -0.497 e. The maximum absolute atomic E-state index is 11.8. The van der Waals surface area contributed by atoms with Crippen molar-refractivity contribution in [1.82, 2.24) is 0 Å². The molecule has 0 amide bonds. The van der Waals surface area contributed by atoms with Crippen LogP contribution in [0.1, 0.15) is 28.3 Å². The van der Waals surface area contributed by atoms with Crippen LogP contribution in [0.5, 0.6) is 5.75 Å². The molecular formula is C13H12O5. The van der Waals surface area contributed by atoms with Crippen molar-refractivity contribution >= 4 is 17.5 Å². The molecule has 2 rings (SSSR count). The van der Waals surface area contributed by atoms with Crippen LogP contribution in [-0.2, 0) is 14.3 Å². The van der Waals surface area contributed by atoms with Gasteiger partial charge in [0.1, 0.15) is 5.75 Å². The molecule has 0 spiro atoms. The van der Waals surface area contributed by atoms with E-state index in [1.165, 1.54) is 14.2 Å². The second kappa shape index (κ2) is 4.60. The molecule has 18 heavy (non-hydrogen) atoms. The van der Waals surface area contributed by atoms with Crippen LogP contribution in [0.2, 0.25) is 0 Å². The Kier molecular flexibility index (Phi) is 3.14. The van der Waals surface area contributed by atoms with Gasteiger partial charge in [0.15, 0.2) is 0 Å². The third-order valence-corrected chi connectivity index (χ3v) is 3.02. The van der Waals surface area contributed by atoms with Crippen molar-refractivity contribution in [3.05, 3.63) is 29.3 Å². The number of ketones is 2. The predicted octanol–water partition coefficient (Wildman–Crippen LogP) is 1.11. The second-order valence-electron chi connectivity index (χ2n) is 3.98.